The number of hydrogen-bond donors (Lipinski definition) is 2. The van der Waals surface area contributed by atoms with Crippen LogP contribution in [0.3, 0.4) is 0 Å². The number of likely N-dealkylation sites (tertiary alicyclic amines) is 1. The van der Waals surface area contributed by atoms with Gasteiger partial charge in [-0.25, -0.2) is 14.2 Å². The van der Waals surface area contributed by atoms with Crippen molar-refractivity contribution in [2.24, 2.45) is 7.05 Å². The summed E-state index contributed by atoms with van der Waals surface area (Å²) >= 11 is 0. The number of aryl methyl sites for hydroxylation is 3. The fourth-order valence-electron chi connectivity index (χ4n) is 6.05. The fourth-order valence-corrected chi connectivity index (χ4v) is 6.05. The van der Waals surface area contributed by atoms with Crippen LogP contribution in [-0.2, 0) is 31.5 Å². The third-order valence-corrected chi connectivity index (χ3v) is 8.10. The summed E-state index contributed by atoms with van der Waals surface area (Å²) in [6.45, 7) is 6.61. The van der Waals surface area contributed by atoms with Crippen LogP contribution in [0.15, 0.2) is 59.7 Å². The Labute approximate surface area is 254 Å². The number of H-pyrrole nitrogens is 1. The van der Waals surface area contributed by atoms with E-state index in [-0.39, 0.29) is 30.5 Å². The quantitative estimate of drug-likeness (QED) is 0.245. The van der Waals surface area contributed by atoms with E-state index in [1.54, 1.807) is 14.0 Å². The maximum atomic E-state index is 15.3. The summed E-state index contributed by atoms with van der Waals surface area (Å²) < 4.78 is 24.0. The Kier molecular flexibility index (Phi) is 8.30. The Morgan fingerprint density at radius 3 is 2.66 bits per heavy atom. The van der Waals surface area contributed by atoms with Gasteiger partial charge in [-0.1, -0.05) is 18.6 Å². The number of amides is 1. The predicted molar refractivity (Wildman–Crippen MR) is 167 cm³/mol. The molecular weight excluding hydrogens is 561 g/mol. The summed E-state index contributed by atoms with van der Waals surface area (Å²) in [6.07, 6.45) is 5.08. The molecule has 0 atom stereocenters. The zero-order valence-corrected chi connectivity index (χ0v) is 25.2. The lowest BCUT2D eigenvalue weighted by atomic mass is 9.99. The van der Waals surface area contributed by atoms with Crippen LogP contribution < -0.4 is 15.7 Å². The summed E-state index contributed by atoms with van der Waals surface area (Å²) in [6, 6.07) is 14.9. The molecule has 0 unspecified atom stereocenters. The number of aromatic nitrogens is 5. The maximum absolute atomic E-state index is 15.3. The first-order valence-electron chi connectivity index (χ1n) is 14.9. The van der Waals surface area contributed by atoms with Gasteiger partial charge in [0.05, 0.1) is 11.0 Å². The maximum Gasteiger partial charge on any atom is 0.329 e. The second-order valence-corrected chi connectivity index (χ2v) is 11.5. The molecule has 1 fully saturated rings. The highest BCUT2D eigenvalue weighted by Crippen LogP contribution is 2.34. The Morgan fingerprint density at radius 1 is 1.09 bits per heavy atom. The van der Waals surface area contributed by atoms with E-state index in [0.717, 1.165) is 30.8 Å². The topological polar surface area (TPSA) is 110 Å². The number of carbonyl (C=O) groups excluding carboxylic acids is 1. The number of aromatic amines is 1. The molecular formula is C33H36FN7O3. The lowest BCUT2D eigenvalue weighted by Gasteiger charge is -2.26. The monoisotopic (exact) mass is 597 g/mol. The van der Waals surface area contributed by atoms with Gasteiger partial charge in [-0.05, 0) is 98.4 Å². The number of imidazole rings is 1. The van der Waals surface area contributed by atoms with E-state index < -0.39 is 5.82 Å². The summed E-state index contributed by atoms with van der Waals surface area (Å²) in [5.74, 6) is -0.218. The van der Waals surface area contributed by atoms with Crippen molar-refractivity contribution in [1.82, 2.24) is 29.2 Å². The van der Waals surface area contributed by atoms with Crippen LogP contribution in [-0.4, -0.2) is 48.2 Å². The molecule has 5 aromatic rings. The van der Waals surface area contributed by atoms with Crippen molar-refractivity contribution in [2.45, 2.75) is 52.8 Å². The highest BCUT2D eigenvalue weighted by atomic mass is 19.1. The number of benzene rings is 3. The van der Waals surface area contributed by atoms with Crippen molar-refractivity contribution in [1.29, 1.82) is 0 Å². The third kappa shape index (κ3) is 6.14. The number of hydrogen-bond acceptors (Lipinski definition) is 6. The average Bonchev–Trinajstić information content (AvgIpc) is 3.60. The molecule has 44 heavy (non-hydrogen) atoms. The highest BCUT2D eigenvalue weighted by molar-refractivity contribution is 5.96. The molecule has 2 aromatic heterocycles. The fraction of sp³-hybridized carbons (Fsp3) is 0.333. The van der Waals surface area contributed by atoms with Crippen molar-refractivity contribution in [2.75, 3.05) is 18.4 Å². The van der Waals surface area contributed by atoms with Crippen LogP contribution >= 0.6 is 0 Å². The highest BCUT2D eigenvalue weighted by Gasteiger charge is 2.20. The SMILES string of the molecule is Cc1cc(-c2cc(C)c(OCc3ncn[nH]3)c(F)c2)c2c(c1)n(CC(=O)Nc1cccc(CN3CCCCC3)c1)c(=O)n2C. The second-order valence-electron chi connectivity index (χ2n) is 11.5. The third-order valence-electron chi connectivity index (χ3n) is 8.10. The zero-order valence-electron chi connectivity index (χ0n) is 25.2. The van der Waals surface area contributed by atoms with Crippen molar-refractivity contribution < 1.29 is 13.9 Å². The molecule has 6 rings (SSSR count). The van der Waals surface area contributed by atoms with E-state index in [9.17, 15) is 9.59 Å². The molecule has 0 radical (unpaired) electrons. The summed E-state index contributed by atoms with van der Waals surface area (Å²) in [5.41, 5.74) is 5.50. The first-order chi connectivity index (χ1) is 21.3. The standard InChI is InChI=1S/C33H36FN7O3/c1-21-12-26(24-14-22(2)32(27(34)16-24)44-19-29-35-20-36-38-29)31-28(13-21)41(33(43)39(31)3)18-30(42)37-25-9-7-8-23(15-25)17-40-10-5-4-6-11-40/h7-9,12-16,20H,4-6,10-11,17-19H2,1-3H3,(H,37,42)(H,35,36,38). The Bertz CT molecular complexity index is 1850. The van der Waals surface area contributed by atoms with E-state index in [4.69, 9.17) is 4.74 Å². The van der Waals surface area contributed by atoms with E-state index in [0.29, 0.717) is 39.2 Å². The predicted octanol–water partition coefficient (Wildman–Crippen LogP) is 5.08. The summed E-state index contributed by atoms with van der Waals surface area (Å²) in [5, 5.41) is 9.45. The average molecular weight is 598 g/mol. The number of halogens is 1. The van der Waals surface area contributed by atoms with Crippen LogP contribution in [0.4, 0.5) is 10.1 Å². The van der Waals surface area contributed by atoms with E-state index >= 15 is 4.39 Å². The Morgan fingerprint density at radius 2 is 1.91 bits per heavy atom. The number of rotatable bonds is 9. The van der Waals surface area contributed by atoms with Crippen molar-refractivity contribution in [3.05, 3.63) is 93.7 Å². The van der Waals surface area contributed by atoms with Gasteiger partial charge in [0.15, 0.2) is 17.4 Å². The zero-order chi connectivity index (χ0) is 30.8. The molecule has 2 N–H and O–H groups in total. The molecule has 11 heteroatoms. The number of carbonyl (C=O) groups is 1. The first kappa shape index (κ1) is 29.3. The van der Waals surface area contributed by atoms with Gasteiger partial charge in [0, 0.05) is 24.8 Å². The molecule has 0 aliphatic carbocycles. The minimum atomic E-state index is -0.527. The number of fused-ring (bicyclic) bond motifs is 1. The molecule has 3 heterocycles. The number of nitrogens with zero attached hydrogens (tertiary/aromatic N) is 5. The number of piperidine rings is 1. The molecule has 0 bridgehead atoms. The smallest absolute Gasteiger partial charge is 0.329 e. The molecule has 1 amide bonds. The minimum absolute atomic E-state index is 0.0496. The normalized spacial score (nSPS) is 13.8. The molecule has 0 saturated carbocycles. The van der Waals surface area contributed by atoms with Crippen molar-refractivity contribution in [3.63, 3.8) is 0 Å². The Hall–Kier alpha value is -4.77. The molecule has 3 aromatic carbocycles. The Balaban J connectivity index is 1.26. The van der Waals surface area contributed by atoms with E-state index in [2.05, 4.69) is 31.5 Å². The van der Waals surface area contributed by atoms with E-state index in [1.807, 2.05) is 43.3 Å². The van der Waals surface area contributed by atoms with Crippen molar-refractivity contribution >= 4 is 22.6 Å². The molecule has 1 aliphatic heterocycles. The van der Waals surface area contributed by atoms with Crippen LogP contribution in [0, 0.1) is 19.7 Å². The summed E-state index contributed by atoms with van der Waals surface area (Å²) in [4.78, 5) is 33.1. The number of nitrogens with one attached hydrogen (secondary N) is 2. The van der Waals surface area contributed by atoms with Gasteiger partial charge in [-0.3, -0.25) is 23.9 Å². The first-order valence-corrected chi connectivity index (χ1v) is 14.9. The largest absolute Gasteiger partial charge is 0.482 e. The van der Waals surface area contributed by atoms with Crippen molar-refractivity contribution in [3.8, 4) is 16.9 Å². The van der Waals surface area contributed by atoms with Gasteiger partial charge < -0.3 is 10.1 Å². The lowest BCUT2D eigenvalue weighted by molar-refractivity contribution is -0.116. The van der Waals surface area contributed by atoms with Gasteiger partial charge in [0.2, 0.25) is 5.91 Å². The van der Waals surface area contributed by atoms with Gasteiger partial charge in [-0.15, -0.1) is 0 Å². The minimum Gasteiger partial charge on any atom is -0.482 e. The van der Waals surface area contributed by atoms with Gasteiger partial charge in [0.1, 0.15) is 19.5 Å². The molecule has 1 aliphatic rings. The molecule has 0 spiro atoms. The number of ether oxygens (including phenoxy) is 1. The molecule has 1 saturated heterocycles. The number of anilines is 1. The summed E-state index contributed by atoms with van der Waals surface area (Å²) in [7, 11) is 1.67. The second kappa shape index (κ2) is 12.5. The lowest BCUT2D eigenvalue weighted by Crippen LogP contribution is -2.29. The molecule has 10 nitrogen and oxygen atoms in total. The van der Waals surface area contributed by atoms with Gasteiger partial charge in [0.25, 0.3) is 0 Å². The van der Waals surface area contributed by atoms with Gasteiger partial charge in [-0.2, -0.15) is 5.10 Å². The van der Waals surface area contributed by atoms with E-state index in [1.165, 1.54) is 40.8 Å². The van der Waals surface area contributed by atoms with Crippen LogP contribution in [0.5, 0.6) is 5.75 Å². The molecule has 228 valence electrons. The van der Waals surface area contributed by atoms with Gasteiger partial charge >= 0.3 is 5.69 Å². The van der Waals surface area contributed by atoms with Crippen LogP contribution in [0.2, 0.25) is 0 Å². The van der Waals surface area contributed by atoms with Crippen LogP contribution in [0.1, 0.15) is 41.8 Å². The van der Waals surface area contributed by atoms with Crippen LogP contribution in [0.25, 0.3) is 22.2 Å².